The summed E-state index contributed by atoms with van der Waals surface area (Å²) in [5, 5.41) is 5.41. The predicted molar refractivity (Wildman–Crippen MR) is 79.7 cm³/mol. The Morgan fingerprint density at radius 1 is 1.20 bits per heavy atom. The minimum absolute atomic E-state index is 0.247. The smallest absolute Gasteiger partial charge is 0.315 e. The second-order valence-corrected chi connectivity index (χ2v) is 5.96. The van der Waals surface area contributed by atoms with Crippen LogP contribution in [-0.4, -0.2) is 12.6 Å². The average Bonchev–Trinajstić information content (AvgIpc) is 2.84. The molecule has 106 valence electrons. The molecule has 0 fully saturated rings. The summed E-state index contributed by atoms with van der Waals surface area (Å²) in [6.07, 6.45) is 0.463. The van der Waals surface area contributed by atoms with Gasteiger partial charge in [-0.25, -0.2) is 9.18 Å². The summed E-state index contributed by atoms with van der Waals surface area (Å²) in [6.45, 7) is 0.820. The first-order valence-corrected chi connectivity index (χ1v) is 7.34. The van der Waals surface area contributed by atoms with Crippen molar-refractivity contribution in [2.24, 2.45) is 0 Å². The van der Waals surface area contributed by atoms with E-state index in [9.17, 15) is 9.18 Å². The van der Waals surface area contributed by atoms with Crippen LogP contribution >= 0.6 is 22.9 Å². The predicted octanol–water partition coefficient (Wildman–Crippen LogP) is 3.58. The van der Waals surface area contributed by atoms with Crippen molar-refractivity contribution in [2.45, 2.75) is 13.0 Å². The third-order valence-electron chi connectivity index (χ3n) is 2.69. The second kappa shape index (κ2) is 7.26. The topological polar surface area (TPSA) is 41.1 Å². The normalized spacial score (nSPS) is 10.3. The molecule has 2 rings (SSSR count). The molecule has 6 heteroatoms. The summed E-state index contributed by atoms with van der Waals surface area (Å²) in [6, 6.07) is 9.93. The monoisotopic (exact) mass is 312 g/mol. The summed E-state index contributed by atoms with van der Waals surface area (Å²) in [5.41, 5.74) is 0.595. The quantitative estimate of drug-likeness (QED) is 0.870. The molecule has 3 nitrogen and oxygen atoms in total. The van der Waals surface area contributed by atoms with E-state index >= 15 is 0 Å². The van der Waals surface area contributed by atoms with Crippen LogP contribution in [-0.2, 0) is 13.0 Å². The number of benzene rings is 1. The van der Waals surface area contributed by atoms with Crippen LogP contribution in [0, 0.1) is 5.82 Å². The highest BCUT2D eigenvalue weighted by atomic mass is 35.5. The van der Waals surface area contributed by atoms with Gasteiger partial charge in [0.2, 0.25) is 0 Å². The van der Waals surface area contributed by atoms with Gasteiger partial charge in [0.15, 0.2) is 0 Å². The highest BCUT2D eigenvalue weighted by molar-refractivity contribution is 7.16. The molecule has 0 saturated carbocycles. The molecule has 0 unspecified atom stereocenters. The third kappa shape index (κ3) is 4.51. The second-order valence-electron chi connectivity index (χ2n) is 4.16. The van der Waals surface area contributed by atoms with E-state index in [0.29, 0.717) is 29.4 Å². The molecular weight excluding hydrogens is 299 g/mol. The van der Waals surface area contributed by atoms with Gasteiger partial charge in [0.25, 0.3) is 0 Å². The van der Waals surface area contributed by atoms with Gasteiger partial charge in [0, 0.05) is 11.4 Å². The van der Waals surface area contributed by atoms with Crippen LogP contribution in [0.2, 0.25) is 4.34 Å². The Balaban J connectivity index is 1.69. The molecule has 0 aliphatic carbocycles. The molecule has 2 amide bonds. The van der Waals surface area contributed by atoms with Gasteiger partial charge in [-0.1, -0.05) is 29.8 Å². The average molecular weight is 313 g/mol. The van der Waals surface area contributed by atoms with Crippen LogP contribution < -0.4 is 10.6 Å². The molecule has 1 aromatic heterocycles. The summed E-state index contributed by atoms with van der Waals surface area (Å²) in [5.74, 6) is -0.247. The summed E-state index contributed by atoms with van der Waals surface area (Å²) in [4.78, 5) is 12.5. The fraction of sp³-hybridized carbons (Fsp3) is 0.214. The SMILES string of the molecule is O=C(NCCc1ccccc1F)NCc1ccc(Cl)s1. The van der Waals surface area contributed by atoms with Crippen LogP contribution in [0.5, 0.6) is 0 Å². The number of carbonyl (C=O) groups is 1. The van der Waals surface area contributed by atoms with Crippen molar-refractivity contribution in [1.29, 1.82) is 0 Å². The van der Waals surface area contributed by atoms with E-state index in [1.165, 1.54) is 17.4 Å². The van der Waals surface area contributed by atoms with Gasteiger partial charge in [-0.05, 0) is 30.2 Å². The highest BCUT2D eigenvalue weighted by Gasteiger charge is 2.04. The van der Waals surface area contributed by atoms with Crippen molar-refractivity contribution >= 4 is 29.0 Å². The molecule has 0 radical (unpaired) electrons. The molecule has 2 aromatic rings. The Morgan fingerprint density at radius 2 is 2.00 bits per heavy atom. The lowest BCUT2D eigenvalue weighted by atomic mass is 10.1. The molecule has 0 aliphatic heterocycles. The van der Waals surface area contributed by atoms with Crippen LogP contribution in [0.3, 0.4) is 0 Å². The number of rotatable bonds is 5. The van der Waals surface area contributed by atoms with Gasteiger partial charge in [0.05, 0.1) is 10.9 Å². The number of amides is 2. The molecule has 0 aliphatic rings. The van der Waals surface area contributed by atoms with Gasteiger partial charge >= 0.3 is 6.03 Å². The molecule has 0 spiro atoms. The van der Waals surface area contributed by atoms with E-state index in [1.54, 1.807) is 24.3 Å². The minimum atomic E-state index is -0.272. The number of nitrogens with one attached hydrogen (secondary N) is 2. The number of urea groups is 1. The van der Waals surface area contributed by atoms with Crippen molar-refractivity contribution in [2.75, 3.05) is 6.54 Å². The van der Waals surface area contributed by atoms with Gasteiger partial charge in [-0.15, -0.1) is 11.3 Å². The van der Waals surface area contributed by atoms with Crippen LogP contribution in [0.4, 0.5) is 9.18 Å². The molecule has 2 N–H and O–H groups in total. The number of thiophene rings is 1. The first kappa shape index (κ1) is 14.8. The molecule has 1 aromatic carbocycles. The molecular formula is C14H14ClFN2OS. The van der Waals surface area contributed by atoms with Gasteiger partial charge in [0.1, 0.15) is 5.82 Å². The van der Waals surface area contributed by atoms with E-state index in [4.69, 9.17) is 11.6 Å². The fourth-order valence-electron chi connectivity index (χ4n) is 1.69. The lowest BCUT2D eigenvalue weighted by molar-refractivity contribution is 0.240. The summed E-state index contributed by atoms with van der Waals surface area (Å²) in [7, 11) is 0. The van der Waals surface area contributed by atoms with E-state index in [0.717, 1.165) is 4.88 Å². The third-order valence-corrected chi connectivity index (χ3v) is 3.92. The Labute approximate surface area is 125 Å². The lowest BCUT2D eigenvalue weighted by Gasteiger charge is -2.07. The van der Waals surface area contributed by atoms with E-state index in [1.807, 2.05) is 6.07 Å². The highest BCUT2D eigenvalue weighted by Crippen LogP contribution is 2.20. The maximum Gasteiger partial charge on any atom is 0.315 e. The summed E-state index contributed by atoms with van der Waals surface area (Å²) >= 11 is 7.22. The first-order valence-electron chi connectivity index (χ1n) is 6.14. The maximum atomic E-state index is 13.3. The first-order chi connectivity index (χ1) is 9.65. The number of halogens is 2. The number of hydrogen-bond acceptors (Lipinski definition) is 2. The van der Waals surface area contributed by atoms with Crippen molar-refractivity contribution in [3.8, 4) is 0 Å². The zero-order valence-corrected chi connectivity index (χ0v) is 12.2. The van der Waals surface area contributed by atoms with E-state index in [-0.39, 0.29) is 11.8 Å². The van der Waals surface area contributed by atoms with Gasteiger partial charge in [-0.2, -0.15) is 0 Å². The zero-order chi connectivity index (χ0) is 14.4. The van der Waals surface area contributed by atoms with E-state index < -0.39 is 0 Å². The Kier molecular flexibility index (Phi) is 5.38. The number of hydrogen-bond donors (Lipinski definition) is 2. The number of carbonyl (C=O) groups excluding carboxylic acids is 1. The van der Waals surface area contributed by atoms with E-state index in [2.05, 4.69) is 10.6 Å². The van der Waals surface area contributed by atoms with Crippen molar-refractivity contribution in [1.82, 2.24) is 10.6 Å². The molecule has 1 heterocycles. The maximum absolute atomic E-state index is 13.3. The molecule has 20 heavy (non-hydrogen) atoms. The van der Waals surface area contributed by atoms with Crippen molar-refractivity contribution in [3.05, 3.63) is 57.0 Å². The van der Waals surface area contributed by atoms with Crippen molar-refractivity contribution in [3.63, 3.8) is 0 Å². The largest absolute Gasteiger partial charge is 0.338 e. The molecule has 0 atom stereocenters. The minimum Gasteiger partial charge on any atom is -0.338 e. The Morgan fingerprint density at radius 3 is 2.70 bits per heavy atom. The molecule has 0 bridgehead atoms. The van der Waals surface area contributed by atoms with Crippen molar-refractivity contribution < 1.29 is 9.18 Å². The zero-order valence-electron chi connectivity index (χ0n) is 10.7. The Bertz CT molecular complexity index is 588. The van der Waals surface area contributed by atoms with Gasteiger partial charge in [-0.3, -0.25) is 0 Å². The van der Waals surface area contributed by atoms with Gasteiger partial charge < -0.3 is 10.6 Å². The Hall–Kier alpha value is -1.59. The standard InChI is InChI=1S/C14H14ClFN2OS/c15-13-6-5-11(20-13)9-18-14(19)17-8-7-10-3-1-2-4-12(10)16/h1-6H,7-9H2,(H2,17,18,19). The lowest BCUT2D eigenvalue weighted by Crippen LogP contribution is -2.36. The van der Waals surface area contributed by atoms with Crippen LogP contribution in [0.15, 0.2) is 36.4 Å². The van der Waals surface area contributed by atoms with Crippen LogP contribution in [0.1, 0.15) is 10.4 Å². The fourth-order valence-corrected chi connectivity index (χ4v) is 2.72. The summed E-state index contributed by atoms with van der Waals surface area (Å²) < 4.78 is 14.0. The van der Waals surface area contributed by atoms with Crippen LogP contribution in [0.25, 0.3) is 0 Å². The molecule has 0 saturated heterocycles.